The average molecular weight is 353 g/mol. The van der Waals surface area contributed by atoms with Crippen molar-refractivity contribution in [2.45, 2.75) is 25.2 Å². The Balaban J connectivity index is 1.33. The smallest absolute Gasteiger partial charge is 0.225 e. The minimum absolute atomic E-state index is 0.180. The first kappa shape index (κ1) is 16.9. The van der Waals surface area contributed by atoms with E-state index in [0.29, 0.717) is 24.2 Å². The van der Waals surface area contributed by atoms with Crippen LogP contribution in [0.2, 0.25) is 0 Å². The molecule has 3 heterocycles. The summed E-state index contributed by atoms with van der Waals surface area (Å²) in [5, 5.41) is 8.98. The first-order chi connectivity index (χ1) is 12.7. The second kappa shape index (κ2) is 7.36. The molecule has 1 aromatic carbocycles. The molecule has 0 radical (unpaired) electrons. The molecular formula is C19H20FN5O. The summed E-state index contributed by atoms with van der Waals surface area (Å²) >= 11 is 0. The first-order valence-corrected chi connectivity index (χ1v) is 8.78. The summed E-state index contributed by atoms with van der Waals surface area (Å²) < 4.78 is 19.1. The molecule has 2 saturated heterocycles. The molecule has 0 spiro atoms. The van der Waals surface area contributed by atoms with Gasteiger partial charge in [-0.15, -0.1) is 0 Å². The Morgan fingerprint density at radius 1 is 1.23 bits per heavy atom. The maximum absolute atomic E-state index is 13.0. The fourth-order valence-electron chi connectivity index (χ4n) is 3.71. The Morgan fingerprint density at radius 3 is 2.88 bits per heavy atom. The second-order valence-electron chi connectivity index (χ2n) is 6.78. The average Bonchev–Trinajstić information content (AvgIpc) is 3.09. The Labute approximate surface area is 151 Å². The zero-order chi connectivity index (χ0) is 17.9. The molecule has 2 aliphatic heterocycles. The number of hydrogen-bond acceptors (Lipinski definition) is 6. The number of rotatable bonds is 4. The van der Waals surface area contributed by atoms with Gasteiger partial charge in [-0.3, -0.25) is 4.90 Å². The van der Waals surface area contributed by atoms with E-state index in [1.165, 1.54) is 12.4 Å². The summed E-state index contributed by atoms with van der Waals surface area (Å²) in [6, 6.07) is 10.1. The van der Waals surface area contributed by atoms with Gasteiger partial charge < -0.3 is 9.64 Å². The minimum atomic E-state index is -0.415. The Hall–Kier alpha value is -2.56. The van der Waals surface area contributed by atoms with Crippen LogP contribution in [0.4, 0.5) is 10.3 Å². The number of aromatic nitrogens is 2. The van der Waals surface area contributed by atoms with Crippen LogP contribution >= 0.6 is 0 Å². The number of hydrogen-bond donors (Lipinski definition) is 0. The van der Waals surface area contributed by atoms with Gasteiger partial charge in [-0.05, 0) is 24.1 Å². The van der Waals surface area contributed by atoms with Crippen molar-refractivity contribution in [3.8, 4) is 6.07 Å². The number of ether oxygens (including phenoxy) is 1. The second-order valence-corrected chi connectivity index (χ2v) is 6.78. The van der Waals surface area contributed by atoms with Gasteiger partial charge in [0.25, 0.3) is 0 Å². The molecule has 26 heavy (non-hydrogen) atoms. The maximum atomic E-state index is 13.0. The van der Waals surface area contributed by atoms with Crippen molar-refractivity contribution in [1.29, 1.82) is 5.26 Å². The van der Waals surface area contributed by atoms with Gasteiger partial charge in [-0.25, -0.2) is 14.4 Å². The summed E-state index contributed by atoms with van der Waals surface area (Å²) in [6.45, 7) is 4.02. The monoisotopic (exact) mass is 353 g/mol. The summed E-state index contributed by atoms with van der Waals surface area (Å²) in [5.41, 5.74) is 1.68. The van der Waals surface area contributed by atoms with Crippen molar-refractivity contribution in [2.75, 3.05) is 31.1 Å². The van der Waals surface area contributed by atoms with Crippen molar-refractivity contribution in [1.82, 2.24) is 14.9 Å². The van der Waals surface area contributed by atoms with Crippen molar-refractivity contribution < 1.29 is 9.13 Å². The Kier molecular flexibility index (Phi) is 4.78. The van der Waals surface area contributed by atoms with Gasteiger partial charge in [0.2, 0.25) is 5.95 Å². The fourth-order valence-corrected chi connectivity index (χ4v) is 3.71. The number of anilines is 1. The van der Waals surface area contributed by atoms with Gasteiger partial charge in [-0.1, -0.05) is 12.1 Å². The molecule has 0 bridgehead atoms. The predicted octanol–water partition coefficient (Wildman–Crippen LogP) is 1.97. The molecule has 0 aliphatic carbocycles. The first-order valence-electron chi connectivity index (χ1n) is 8.78. The largest absolute Gasteiger partial charge is 0.372 e. The van der Waals surface area contributed by atoms with Crippen LogP contribution in [0.25, 0.3) is 0 Å². The highest BCUT2D eigenvalue weighted by molar-refractivity contribution is 5.32. The van der Waals surface area contributed by atoms with E-state index in [1.54, 1.807) is 6.07 Å². The van der Waals surface area contributed by atoms with Gasteiger partial charge in [0, 0.05) is 32.2 Å². The number of fused-ring (bicyclic) bond motifs is 1. The molecule has 2 unspecified atom stereocenters. The van der Waals surface area contributed by atoms with Crippen LogP contribution in [0.15, 0.2) is 36.7 Å². The van der Waals surface area contributed by atoms with Gasteiger partial charge in [0.05, 0.1) is 36.7 Å². The van der Waals surface area contributed by atoms with Crippen LogP contribution in [0, 0.1) is 17.1 Å². The van der Waals surface area contributed by atoms with E-state index in [0.717, 1.165) is 38.2 Å². The van der Waals surface area contributed by atoms with E-state index in [-0.39, 0.29) is 6.10 Å². The van der Waals surface area contributed by atoms with Crippen molar-refractivity contribution in [3.05, 3.63) is 53.6 Å². The van der Waals surface area contributed by atoms with E-state index in [4.69, 9.17) is 10.00 Å². The molecule has 134 valence electrons. The number of nitrogens with zero attached hydrogens (tertiary/aromatic N) is 5. The molecule has 2 aromatic rings. The van der Waals surface area contributed by atoms with Crippen molar-refractivity contribution >= 4 is 5.95 Å². The third-order valence-electron chi connectivity index (χ3n) is 5.01. The number of halogens is 1. The summed E-state index contributed by atoms with van der Waals surface area (Å²) in [4.78, 5) is 12.7. The number of nitriles is 1. The fraction of sp³-hybridized carbons (Fsp3) is 0.421. The molecule has 0 saturated carbocycles. The number of benzene rings is 1. The lowest BCUT2D eigenvalue weighted by molar-refractivity contribution is 0.0469. The highest BCUT2D eigenvalue weighted by atomic mass is 19.1. The van der Waals surface area contributed by atoms with Crippen molar-refractivity contribution in [2.24, 2.45) is 0 Å². The van der Waals surface area contributed by atoms with Crippen LogP contribution in [0.5, 0.6) is 0 Å². The SMILES string of the molecule is N#Cc1cccc(COC2CC3CN(c4ncc(F)cn4)CCN3C2)c1. The van der Waals surface area contributed by atoms with E-state index in [2.05, 4.69) is 25.8 Å². The van der Waals surface area contributed by atoms with E-state index < -0.39 is 5.82 Å². The highest BCUT2D eigenvalue weighted by Gasteiger charge is 2.37. The van der Waals surface area contributed by atoms with Crippen LogP contribution < -0.4 is 4.90 Å². The zero-order valence-corrected chi connectivity index (χ0v) is 14.4. The van der Waals surface area contributed by atoms with E-state index in [9.17, 15) is 4.39 Å². The summed E-state index contributed by atoms with van der Waals surface area (Å²) in [5.74, 6) is 0.172. The predicted molar refractivity (Wildman–Crippen MR) is 93.9 cm³/mol. The van der Waals surface area contributed by atoms with Crippen LogP contribution in [0.3, 0.4) is 0 Å². The number of piperazine rings is 1. The maximum Gasteiger partial charge on any atom is 0.225 e. The van der Waals surface area contributed by atoms with Crippen molar-refractivity contribution in [3.63, 3.8) is 0 Å². The Bertz CT molecular complexity index is 806. The normalized spacial score (nSPS) is 22.8. The van der Waals surface area contributed by atoms with Crippen LogP contribution in [-0.2, 0) is 11.3 Å². The quantitative estimate of drug-likeness (QED) is 0.837. The third-order valence-corrected chi connectivity index (χ3v) is 5.01. The molecule has 2 atom stereocenters. The highest BCUT2D eigenvalue weighted by Crippen LogP contribution is 2.26. The van der Waals surface area contributed by atoms with Crippen LogP contribution in [0.1, 0.15) is 17.5 Å². The molecule has 2 aliphatic rings. The molecule has 7 heteroatoms. The molecular weight excluding hydrogens is 333 g/mol. The van der Waals surface area contributed by atoms with Gasteiger partial charge in [0.1, 0.15) is 0 Å². The summed E-state index contributed by atoms with van der Waals surface area (Å²) in [6.07, 6.45) is 3.56. The topological polar surface area (TPSA) is 65.3 Å². The van der Waals surface area contributed by atoms with Gasteiger partial charge >= 0.3 is 0 Å². The lowest BCUT2D eigenvalue weighted by Gasteiger charge is -2.37. The van der Waals surface area contributed by atoms with Crippen LogP contribution in [-0.4, -0.2) is 53.2 Å². The van der Waals surface area contributed by atoms with Gasteiger partial charge in [0.15, 0.2) is 5.82 Å². The lowest BCUT2D eigenvalue weighted by Crippen LogP contribution is -2.50. The van der Waals surface area contributed by atoms with Gasteiger partial charge in [-0.2, -0.15) is 5.26 Å². The zero-order valence-electron chi connectivity index (χ0n) is 14.4. The summed E-state index contributed by atoms with van der Waals surface area (Å²) in [7, 11) is 0. The van der Waals surface area contributed by atoms with E-state index in [1.807, 2.05) is 18.2 Å². The molecule has 0 N–H and O–H groups in total. The molecule has 4 rings (SSSR count). The Morgan fingerprint density at radius 2 is 2.08 bits per heavy atom. The minimum Gasteiger partial charge on any atom is -0.372 e. The standard InChI is InChI=1S/C19H20FN5O/c20-16-9-22-19(23-10-16)25-5-4-24-12-18(7-17(24)11-25)26-13-15-3-1-2-14(6-15)8-21/h1-3,6,9-10,17-18H,4-5,7,11-13H2. The molecule has 2 fully saturated rings. The molecule has 1 aromatic heterocycles. The van der Waals surface area contributed by atoms with E-state index >= 15 is 0 Å². The molecule has 0 amide bonds. The third kappa shape index (κ3) is 3.66. The molecule has 6 nitrogen and oxygen atoms in total. The lowest BCUT2D eigenvalue weighted by atomic mass is 10.1.